The molecule has 0 amide bonds. The number of halogens is 1. The van der Waals surface area contributed by atoms with E-state index in [1.165, 1.54) is 0 Å². The highest BCUT2D eigenvalue weighted by molar-refractivity contribution is 9.10. The Bertz CT molecular complexity index is 652. The number of nitrogens with zero attached hydrogens (tertiary/aromatic N) is 5. The highest BCUT2D eigenvalue weighted by atomic mass is 79.9. The van der Waals surface area contributed by atoms with Gasteiger partial charge in [-0.3, -0.25) is 4.90 Å². The van der Waals surface area contributed by atoms with Gasteiger partial charge in [0.1, 0.15) is 11.6 Å². The highest BCUT2D eigenvalue weighted by Crippen LogP contribution is 2.30. The molecule has 23 heavy (non-hydrogen) atoms. The molecule has 0 aromatic carbocycles. The van der Waals surface area contributed by atoms with Crippen LogP contribution in [-0.2, 0) is 4.74 Å². The number of aromatic nitrogens is 1. The van der Waals surface area contributed by atoms with Crippen molar-refractivity contribution in [3.05, 3.63) is 34.6 Å². The minimum Gasteiger partial charge on any atom is -0.443 e. The first-order valence-corrected chi connectivity index (χ1v) is 8.15. The Morgan fingerprint density at radius 3 is 2.96 bits per heavy atom. The van der Waals surface area contributed by atoms with Crippen LogP contribution in [0.25, 0.3) is 0 Å². The molecule has 0 N–H and O–H groups in total. The lowest BCUT2D eigenvalue weighted by Gasteiger charge is -2.30. The monoisotopic (exact) mass is 377 g/mol. The zero-order chi connectivity index (χ0) is 16.1. The average Bonchev–Trinajstić information content (AvgIpc) is 3.04. The van der Waals surface area contributed by atoms with Gasteiger partial charge in [0, 0.05) is 42.8 Å². The summed E-state index contributed by atoms with van der Waals surface area (Å²) in [7, 11) is 0. The summed E-state index contributed by atoms with van der Waals surface area (Å²) >= 11 is 3.30. The minimum atomic E-state index is -0.898. The first kappa shape index (κ1) is 16.1. The van der Waals surface area contributed by atoms with Crippen molar-refractivity contribution < 1.29 is 9.47 Å². The Kier molecular flexibility index (Phi) is 5.00. The van der Waals surface area contributed by atoms with E-state index in [2.05, 4.69) is 42.1 Å². The van der Waals surface area contributed by atoms with Gasteiger partial charge in [-0.25, -0.2) is 4.98 Å². The number of hydrogen-bond acceptors (Lipinski definition) is 7. The number of nitriles is 1. The molecule has 0 aliphatic carbocycles. The number of rotatable bonds is 5. The van der Waals surface area contributed by atoms with Crippen LogP contribution < -0.4 is 4.74 Å². The zero-order valence-electron chi connectivity index (χ0n) is 12.5. The van der Waals surface area contributed by atoms with Gasteiger partial charge in [-0.2, -0.15) is 10.4 Å². The standard InChI is InChI=1S/C15H16BrN5O2/c16-13-9-12(10-17)14(18-11-13)23-15(1-3-19-20-15)2-4-21-5-7-22-8-6-21/h1,3,9,11H,2,4-8H2. The lowest BCUT2D eigenvalue weighted by Crippen LogP contribution is -2.41. The molecule has 120 valence electrons. The average molecular weight is 378 g/mol. The van der Waals surface area contributed by atoms with Crippen LogP contribution in [0, 0.1) is 11.3 Å². The van der Waals surface area contributed by atoms with E-state index >= 15 is 0 Å². The fraction of sp³-hybridized carbons (Fsp3) is 0.467. The first-order valence-electron chi connectivity index (χ1n) is 7.35. The van der Waals surface area contributed by atoms with Gasteiger partial charge in [0.2, 0.25) is 11.6 Å². The fourth-order valence-corrected chi connectivity index (χ4v) is 2.78. The molecular weight excluding hydrogens is 362 g/mol. The minimum absolute atomic E-state index is 0.267. The van der Waals surface area contributed by atoms with Crippen molar-refractivity contribution in [2.45, 2.75) is 12.1 Å². The van der Waals surface area contributed by atoms with E-state index in [1.807, 2.05) is 0 Å². The molecule has 1 unspecified atom stereocenters. The normalized spacial score (nSPS) is 23.8. The maximum absolute atomic E-state index is 9.25. The van der Waals surface area contributed by atoms with Crippen LogP contribution >= 0.6 is 15.9 Å². The zero-order valence-corrected chi connectivity index (χ0v) is 14.1. The quantitative estimate of drug-likeness (QED) is 0.786. The van der Waals surface area contributed by atoms with Crippen LogP contribution in [0.15, 0.2) is 39.2 Å². The second-order valence-electron chi connectivity index (χ2n) is 5.30. The molecule has 1 atom stereocenters. The van der Waals surface area contributed by atoms with Crippen molar-refractivity contribution in [2.75, 3.05) is 32.8 Å². The van der Waals surface area contributed by atoms with E-state index in [9.17, 15) is 5.26 Å². The summed E-state index contributed by atoms with van der Waals surface area (Å²) in [5.41, 5.74) is -0.536. The molecule has 1 aromatic rings. The van der Waals surface area contributed by atoms with E-state index in [0.717, 1.165) is 37.3 Å². The molecule has 0 spiro atoms. The van der Waals surface area contributed by atoms with Gasteiger partial charge in [0.25, 0.3) is 0 Å². The number of pyridine rings is 1. The topological polar surface area (TPSA) is 83.1 Å². The van der Waals surface area contributed by atoms with Crippen LogP contribution in [0.5, 0.6) is 5.88 Å². The summed E-state index contributed by atoms with van der Waals surface area (Å²) in [5, 5.41) is 17.4. The van der Waals surface area contributed by atoms with Gasteiger partial charge in [0.05, 0.1) is 19.4 Å². The van der Waals surface area contributed by atoms with E-state index in [-0.39, 0.29) is 5.88 Å². The second-order valence-corrected chi connectivity index (χ2v) is 6.22. The molecule has 3 heterocycles. The van der Waals surface area contributed by atoms with Gasteiger partial charge in [-0.1, -0.05) is 0 Å². The summed E-state index contributed by atoms with van der Waals surface area (Å²) in [5.74, 6) is 0.267. The van der Waals surface area contributed by atoms with Gasteiger partial charge >= 0.3 is 0 Å². The summed E-state index contributed by atoms with van der Waals surface area (Å²) in [6.07, 6.45) is 5.65. The molecule has 7 nitrogen and oxygen atoms in total. The predicted octanol–water partition coefficient (Wildman–Crippen LogP) is 2.49. The smallest absolute Gasteiger partial charge is 0.243 e. The van der Waals surface area contributed by atoms with Gasteiger partial charge in [-0.15, -0.1) is 5.11 Å². The van der Waals surface area contributed by atoms with Crippen LogP contribution in [-0.4, -0.2) is 48.5 Å². The lowest BCUT2D eigenvalue weighted by atomic mass is 10.1. The largest absolute Gasteiger partial charge is 0.443 e. The molecule has 1 fully saturated rings. The van der Waals surface area contributed by atoms with Crippen molar-refractivity contribution in [3.63, 3.8) is 0 Å². The molecule has 1 aromatic heterocycles. The van der Waals surface area contributed by atoms with Crippen molar-refractivity contribution >= 4 is 15.9 Å². The van der Waals surface area contributed by atoms with E-state index < -0.39 is 5.72 Å². The molecule has 1 saturated heterocycles. The number of ether oxygens (including phenoxy) is 2. The summed E-state index contributed by atoms with van der Waals surface area (Å²) in [6.45, 7) is 4.11. The third kappa shape index (κ3) is 3.93. The Morgan fingerprint density at radius 2 is 2.26 bits per heavy atom. The molecular formula is C15H16BrN5O2. The van der Waals surface area contributed by atoms with Crippen LogP contribution in [0.3, 0.4) is 0 Å². The molecule has 2 aliphatic rings. The molecule has 0 radical (unpaired) electrons. The number of hydrogen-bond donors (Lipinski definition) is 0. The van der Waals surface area contributed by atoms with Crippen molar-refractivity contribution in [2.24, 2.45) is 10.2 Å². The number of morpholine rings is 1. The maximum Gasteiger partial charge on any atom is 0.243 e. The first-order chi connectivity index (χ1) is 11.2. The molecule has 0 saturated carbocycles. The second kappa shape index (κ2) is 7.17. The Morgan fingerprint density at radius 1 is 1.43 bits per heavy atom. The fourth-order valence-electron chi connectivity index (χ4n) is 2.45. The number of azo groups is 1. The summed E-state index contributed by atoms with van der Waals surface area (Å²) in [6, 6.07) is 3.77. The molecule has 3 rings (SSSR count). The van der Waals surface area contributed by atoms with Crippen LogP contribution in [0.4, 0.5) is 0 Å². The third-order valence-corrected chi connectivity index (χ3v) is 4.16. The molecule has 2 aliphatic heterocycles. The lowest BCUT2D eigenvalue weighted by molar-refractivity contribution is 0.0241. The van der Waals surface area contributed by atoms with Crippen molar-refractivity contribution in [1.29, 1.82) is 5.26 Å². The van der Waals surface area contributed by atoms with Crippen LogP contribution in [0.2, 0.25) is 0 Å². The van der Waals surface area contributed by atoms with Crippen LogP contribution in [0.1, 0.15) is 12.0 Å². The van der Waals surface area contributed by atoms with Crippen molar-refractivity contribution in [3.8, 4) is 11.9 Å². The van der Waals surface area contributed by atoms with Crippen molar-refractivity contribution in [1.82, 2.24) is 9.88 Å². The third-order valence-electron chi connectivity index (χ3n) is 3.73. The maximum atomic E-state index is 9.25. The predicted molar refractivity (Wildman–Crippen MR) is 85.9 cm³/mol. The SMILES string of the molecule is N#Cc1cc(Br)cnc1OC1(CCN2CCOCC2)C=CN=N1. The molecule has 8 heteroatoms. The van der Waals surface area contributed by atoms with Gasteiger partial charge in [0.15, 0.2) is 0 Å². The summed E-state index contributed by atoms with van der Waals surface area (Å²) in [4.78, 5) is 6.49. The van der Waals surface area contributed by atoms with E-state index in [0.29, 0.717) is 12.0 Å². The van der Waals surface area contributed by atoms with Gasteiger partial charge < -0.3 is 9.47 Å². The molecule has 0 bridgehead atoms. The highest BCUT2D eigenvalue weighted by Gasteiger charge is 2.34. The Labute approximate surface area is 142 Å². The van der Waals surface area contributed by atoms with E-state index in [4.69, 9.17) is 9.47 Å². The Hall–Kier alpha value is -1.82. The Balaban J connectivity index is 1.73. The summed E-state index contributed by atoms with van der Waals surface area (Å²) < 4.78 is 12.1. The van der Waals surface area contributed by atoms with Gasteiger partial charge in [-0.05, 0) is 22.0 Å². The van der Waals surface area contributed by atoms with E-state index in [1.54, 1.807) is 24.5 Å².